The van der Waals surface area contributed by atoms with Gasteiger partial charge in [0, 0.05) is 13.2 Å². The van der Waals surface area contributed by atoms with Gasteiger partial charge in [-0.15, -0.1) is 10.2 Å². The van der Waals surface area contributed by atoms with Gasteiger partial charge in [-0.25, -0.2) is 0 Å². The first-order valence-electron chi connectivity index (χ1n) is 8.68. The van der Waals surface area contributed by atoms with E-state index in [-0.39, 0.29) is 5.91 Å². The molecule has 2 N–H and O–H groups in total. The number of methoxy groups -OCH3 is 2. The highest BCUT2D eigenvalue weighted by Crippen LogP contribution is 2.25. The number of hydrogen-bond acceptors (Lipinski definition) is 7. The van der Waals surface area contributed by atoms with Crippen molar-refractivity contribution in [3.8, 4) is 5.75 Å². The van der Waals surface area contributed by atoms with Gasteiger partial charge in [0.2, 0.25) is 10.3 Å². The van der Waals surface area contributed by atoms with Crippen LogP contribution in [-0.4, -0.2) is 36.4 Å². The Balaban J connectivity index is 2.01. The maximum absolute atomic E-state index is 12.5. The van der Waals surface area contributed by atoms with Crippen molar-refractivity contribution in [1.29, 1.82) is 0 Å². The molecule has 0 spiro atoms. The fourth-order valence-corrected chi connectivity index (χ4v) is 3.30. The van der Waals surface area contributed by atoms with Crippen molar-refractivity contribution in [2.45, 2.75) is 45.3 Å². The minimum atomic E-state index is -0.732. The number of amides is 1. The van der Waals surface area contributed by atoms with Crippen molar-refractivity contribution < 1.29 is 14.3 Å². The van der Waals surface area contributed by atoms with Crippen LogP contribution in [0.3, 0.4) is 0 Å². The lowest BCUT2D eigenvalue weighted by atomic mass is 10.1. The molecule has 0 bridgehead atoms. The number of nitrogens with zero attached hydrogens (tertiary/aromatic N) is 2. The predicted octanol–water partition coefficient (Wildman–Crippen LogP) is 3.86. The van der Waals surface area contributed by atoms with Crippen LogP contribution in [0.1, 0.15) is 44.8 Å². The van der Waals surface area contributed by atoms with Crippen LogP contribution in [0.15, 0.2) is 24.3 Å². The molecule has 2 rings (SSSR count). The van der Waals surface area contributed by atoms with E-state index in [4.69, 9.17) is 9.47 Å². The fraction of sp³-hybridized carbons (Fsp3) is 0.500. The summed E-state index contributed by atoms with van der Waals surface area (Å²) in [6.07, 6.45) is 2.45. The second-order valence-electron chi connectivity index (χ2n) is 5.83. The Morgan fingerprint density at radius 2 is 1.85 bits per heavy atom. The zero-order valence-electron chi connectivity index (χ0n) is 15.6. The molecular weight excluding hydrogens is 352 g/mol. The minimum absolute atomic E-state index is 0.291. The smallest absolute Gasteiger partial charge is 0.259 e. The number of rotatable bonds is 10. The van der Waals surface area contributed by atoms with E-state index in [1.807, 2.05) is 0 Å². The molecule has 26 heavy (non-hydrogen) atoms. The number of carbonyl (C=O) groups excluding carboxylic acids is 1. The molecule has 1 amide bonds. The summed E-state index contributed by atoms with van der Waals surface area (Å²) < 4.78 is 10.5. The first-order valence-corrected chi connectivity index (χ1v) is 9.50. The van der Waals surface area contributed by atoms with Crippen LogP contribution >= 0.6 is 11.3 Å². The summed E-state index contributed by atoms with van der Waals surface area (Å²) in [5.41, 5.74) is 0.739. The number of ether oxygens (including phenoxy) is 2. The van der Waals surface area contributed by atoms with Gasteiger partial charge < -0.3 is 14.8 Å². The van der Waals surface area contributed by atoms with Crippen molar-refractivity contribution in [3.63, 3.8) is 0 Å². The summed E-state index contributed by atoms with van der Waals surface area (Å²) in [6, 6.07) is 7.55. The standard InChI is InChI=1S/C18H26N4O3S/c1-5-7-13(6-2)19-17-21-22-18(26-17)20-16(23)15(25-4)12-8-10-14(24-3)11-9-12/h8-11,13,15H,5-7H2,1-4H3,(H,19,21)(H,20,22,23). The molecule has 0 aliphatic heterocycles. The molecule has 0 aliphatic rings. The molecule has 142 valence electrons. The fourth-order valence-electron chi connectivity index (χ4n) is 2.58. The van der Waals surface area contributed by atoms with Gasteiger partial charge in [0.25, 0.3) is 5.91 Å². The predicted molar refractivity (Wildman–Crippen MR) is 104 cm³/mol. The largest absolute Gasteiger partial charge is 0.497 e. The lowest BCUT2D eigenvalue weighted by Crippen LogP contribution is -2.22. The molecule has 2 atom stereocenters. The number of nitrogens with one attached hydrogen (secondary N) is 2. The zero-order valence-corrected chi connectivity index (χ0v) is 16.4. The summed E-state index contributed by atoms with van der Waals surface area (Å²) in [5, 5.41) is 15.4. The van der Waals surface area contributed by atoms with E-state index < -0.39 is 6.10 Å². The van der Waals surface area contributed by atoms with Crippen molar-refractivity contribution in [2.24, 2.45) is 0 Å². The van der Waals surface area contributed by atoms with E-state index in [1.165, 1.54) is 18.4 Å². The third kappa shape index (κ3) is 5.40. The Hall–Kier alpha value is -2.19. The molecule has 7 nitrogen and oxygen atoms in total. The quantitative estimate of drug-likeness (QED) is 0.653. The Morgan fingerprint density at radius 1 is 1.15 bits per heavy atom. The molecule has 0 radical (unpaired) electrons. The van der Waals surface area contributed by atoms with Crippen molar-refractivity contribution in [2.75, 3.05) is 24.9 Å². The monoisotopic (exact) mass is 378 g/mol. The van der Waals surface area contributed by atoms with Crippen molar-refractivity contribution in [1.82, 2.24) is 10.2 Å². The summed E-state index contributed by atoms with van der Waals surface area (Å²) in [6.45, 7) is 4.29. The molecule has 1 heterocycles. The first-order chi connectivity index (χ1) is 12.6. The van der Waals surface area contributed by atoms with Gasteiger partial charge in [0.05, 0.1) is 7.11 Å². The van der Waals surface area contributed by atoms with E-state index in [1.54, 1.807) is 31.4 Å². The molecule has 1 aromatic carbocycles. The van der Waals surface area contributed by atoms with E-state index in [0.717, 1.165) is 30.6 Å². The Bertz CT molecular complexity index is 690. The molecule has 0 saturated carbocycles. The van der Waals surface area contributed by atoms with Gasteiger partial charge in [0.1, 0.15) is 5.75 Å². The summed E-state index contributed by atoms with van der Waals surface area (Å²) >= 11 is 1.32. The van der Waals surface area contributed by atoms with Crippen molar-refractivity contribution in [3.05, 3.63) is 29.8 Å². The third-order valence-electron chi connectivity index (χ3n) is 4.01. The molecule has 8 heteroatoms. The highest BCUT2D eigenvalue weighted by Gasteiger charge is 2.22. The molecular formula is C18H26N4O3S. The lowest BCUT2D eigenvalue weighted by molar-refractivity contribution is -0.126. The summed E-state index contributed by atoms with van der Waals surface area (Å²) in [5.74, 6) is 0.433. The average Bonchev–Trinajstić information content (AvgIpc) is 3.09. The van der Waals surface area contributed by atoms with E-state index >= 15 is 0 Å². The number of anilines is 2. The van der Waals surface area contributed by atoms with Gasteiger partial charge in [0.15, 0.2) is 6.10 Å². The van der Waals surface area contributed by atoms with E-state index in [2.05, 4.69) is 34.7 Å². The van der Waals surface area contributed by atoms with Crippen LogP contribution < -0.4 is 15.4 Å². The van der Waals surface area contributed by atoms with Gasteiger partial charge in [-0.2, -0.15) is 0 Å². The van der Waals surface area contributed by atoms with Crippen LogP contribution in [0.5, 0.6) is 5.75 Å². The Kier molecular flexibility index (Phi) is 7.80. The highest BCUT2D eigenvalue weighted by atomic mass is 32.1. The Morgan fingerprint density at radius 3 is 2.42 bits per heavy atom. The molecule has 2 unspecified atom stereocenters. The minimum Gasteiger partial charge on any atom is -0.497 e. The van der Waals surface area contributed by atoms with Gasteiger partial charge in [-0.1, -0.05) is 43.7 Å². The molecule has 1 aromatic heterocycles. The van der Waals surface area contributed by atoms with Crippen LogP contribution in [-0.2, 0) is 9.53 Å². The first kappa shape index (κ1) is 20.1. The average molecular weight is 378 g/mol. The van der Waals surface area contributed by atoms with Gasteiger partial charge in [-0.3, -0.25) is 10.1 Å². The number of hydrogen-bond donors (Lipinski definition) is 2. The molecule has 0 aliphatic carbocycles. The number of benzene rings is 1. The lowest BCUT2D eigenvalue weighted by Gasteiger charge is -2.15. The summed E-state index contributed by atoms with van der Waals surface area (Å²) in [7, 11) is 3.10. The van der Waals surface area contributed by atoms with Crippen LogP contribution in [0.25, 0.3) is 0 Å². The van der Waals surface area contributed by atoms with E-state index in [0.29, 0.717) is 16.3 Å². The maximum Gasteiger partial charge on any atom is 0.259 e. The van der Waals surface area contributed by atoms with Gasteiger partial charge >= 0.3 is 0 Å². The van der Waals surface area contributed by atoms with Crippen LogP contribution in [0.2, 0.25) is 0 Å². The molecule has 0 saturated heterocycles. The molecule has 0 fully saturated rings. The topological polar surface area (TPSA) is 85.4 Å². The third-order valence-corrected chi connectivity index (χ3v) is 4.77. The highest BCUT2D eigenvalue weighted by molar-refractivity contribution is 7.19. The maximum atomic E-state index is 12.5. The molecule has 2 aromatic rings. The van der Waals surface area contributed by atoms with E-state index in [9.17, 15) is 4.79 Å². The zero-order chi connectivity index (χ0) is 18.9. The normalized spacial score (nSPS) is 13.1. The second-order valence-corrected chi connectivity index (χ2v) is 6.81. The van der Waals surface area contributed by atoms with Crippen molar-refractivity contribution >= 4 is 27.5 Å². The number of carbonyl (C=O) groups is 1. The van der Waals surface area contributed by atoms with Gasteiger partial charge in [-0.05, 0) is 30.5 Å². The number of aromatic nitrogens is 2. The summed E-state index contributed by atoms with van der Waals surface area (Å²) in [4.78, 5) is 12.5. The SMILES string of the molecule is CCCC(CC)Nc1nnc(NC(=O)C(OC)c2ccc(OC)cc2)s1. The Labute approximate surface area is 158 Å². The second kappa shape index (κ2) is 10.1. The van der Waals surface area contributed by atoms with Crippen LogP contribution in [0.4, 0.5) is 10.3 Å². The van der Waals surface area contributed by atoms with Crippen LogP contribution in [0, 0.1) is 0 Å².